The minimum atomic E-state index is -0.107. The highest BCUT2D eigenvalue weighted by Gasteiger charge is 2.14. The predicted molar refractivity (Wildman–Crippen MR) is 99.8 cm³/mol. The Kier molecular flexibility index (Phi) is 7.02. The van der Waals surface area contributed by atoms with Gasteiger partial charge in [0, 0.05) is 17.7 Å². The van der Waals surface area contributed by atoms with Gasteiger partial charge < -0.3 is 14.8 Å². The van der Waals surface area contributed by atoms with Gasteiger partial charge in [0.1, 0.15) is 5.75 Å². The fraction of sp³-hybridized carbons (Fsp3) is 0.381. The average Bonchev–Trinajstić information content (AvgIpc) is 2.62. The molecular weight excluding hydrogens is 314 g/mol. The van der Waals surface area contributed by atoms with Gasteiger partial charge in [-0.25, -0.2) is 0 Å². The number of carbonyl (C=O) groups excluding carboxylic acids is 1. The van der Waals surface area contributed by atoms with E-state index >= 15 is 0 Å². The second-order valence-electron chi connectivity index (χ2n) is 6.54. The van der Waals surface area contributed by atoms with Gasteiger partial charge in [0.05, 0.1) is 19.8 Å². The Labute approximate surface area is 150 Å². The minimum Gasteiger partial charge on any atom is -0.496 e. The lowest BCUT2D eigenvalue weighted by molar-refractivity contribution is 0.0930. The largest absolute Gasteiger partial charge is 0.496 e. The van der Waals surface area contributed by atoms with Crippen LogP contribution < -0.4 is 10.1 Å². The summed E-state index contributed by atoms with van der Waals surface area (Å²) in [6.07, 6.45) is 0. The summed E-state index contributed by atoms with van der Waals surface area (Å²) in [7, 11) is 1.62. The van der Waals surface area contributed by atoms with Crippen LogP contribution in [0.1, 0.15) is 48.3 Å². The van der Waals surface area contributed by atoms with Crippen LogP contribution in [-0.2, 0) is 11.3 Å². The molecule has 134 valence electrons. The molecule has 0 bridgehead atoms. The summed E-state index contributed by atoms with van der Waals surface area (Å²) in [5.74, 6) is 1.09. The summed E-state index contributed by atoms with van der Waals surface area (Å²) >= 11 is 0. The summed E-state index contributed by atoms with van der Waals surface area (Å²) in [5, 5.41) is 3.03. The molecule has 1 unspecified atom stereocenters. The number of nitrogens with one attached hydrogen (secondary N) is 1. The van der Waals surface area contributed by atoms with E-state index in [0.29, 0.717) is 24.7 Å². The Morgan fingerprint density at radius 1 is 1.08 bits per heavy atom. The number of ether oxygens (including phenoxy) is 2. The third kappa shape index (κ3) is 5.61. The summed E-state index contributed by atoms with van der Waals surface area (Å²) in [6.45, 7) is 7.28. The van der Waals surface area contributed by atoms with Crippen molar-refractivity contribution in [2.75, 3.05) is 13.7 Å². The molecule has 1 amide bonds. The Morgan fingerprint density at radius 2 is 1.80 bits per heavy atom. The van der Waals surface area contributed by atoms with Crippen LogP contribution in [0.5, 0.6) is 5.75 Å². The van der Waals surface area contributed by atoms with Crippen molar-refractivity contribution in [2.45, 2.75) is 33.4 Å². The lowest BCUT2D eigenvalue weighted by Crippen LogP contribution is -2.26. The first-order chi connectivity index (χ1) is 12.0. The van der Waals surface area contributed by atoms with E-state index in [2.05, 4.69) is 19.2 Å². The number of carbonyl (C=O) groups is 1. The molecule has 0 saturated carbocycles. The van der Waals surface area contributed by atoms with Crippen LogP contribution in [0.15, 0.2) is 48.5 Å². The van der Waals surface area contributed by atoms with Crippen LogP contribution in [0.25, 0.3) is 0 Å². The highest BCUT2D eigenvalue weighted by Crippen LogP contribution is 2.22. The van der Waals surface area contributed by atoms with E-state index in [1.165, 1.54) is 0 Å². The molecule has 4 nitrogen and oxygen atoms in total. The lowest BCUT2D eigenvalue weighted by Gasteiger charge is -2.16. The summed E-state index contributed by atoms with van der Waals surface area (Å²) in [4.78, 5) is 12.6. The predicted octanol–water partition coefficient (Wildman–Crippen LogP) is 4.36. The number of amides is 1. The zero-order valence-electron chi connectivity index (χ0n) is 15.4. The number of methoxy groups -OCH3 is 1. The third-order valence-corrected chi connectivity index (χ3v) is 3.90. The second kappa shape index (κ2) is 9.23. The molecule has 2 aromatic rings. The van der Waals surface area contributed by atoms with Gasteiger partial charge in [-0.3, -0.25) is 4.79 Å². The van der Waals surface area contributed by atoms with Crippen LogP contribution >= 0.6 is 0 Å². The van der Waals surface area contributed by atoms with Gasteiger partial charge in [-0.15, -0.1) is 0 Å². The smallest absolute Gasteiger partial charge is 0.251 e. The van der Waals surface area contributed by atoms with Crippen molar-refractivity contribution in [1.29, 1.82) is 0 Å². The SMILES string of the molecule is COc1ccc(C(=O)NC(C)c2ccccc2)cc1COCC(C)C. The van der Waals surface area contributed by atoms with Crippen LogP contribution in [0, 0.1) is 5.92 Å². The van der Waals surface area contributed by atoms with Crippen LogP contribution in [-0.4, -0.2) is 19.6 Å². The van der Waals surface area contributed by atoms with Gasteiger partial charge >= 0.3 is 0 Å². The van der Waals surface area contributed by atoms with Crippen molar-refractivity contribution in [3.63, 3.8) is 0 Å². The number of hydrogen-bond acceptors (Lipinski definition) is 3. The van der Waals surface area contributed by atoms with E-state index in [0.717, 1.165) is 16.9 Å². The molecule has 25 heavy (non-hydrogen) atoms. The lowest BCUT2D eigenvalue weighted by atomic mass is 10.1. The van der Waals surface area contributed by atoms with E-state index in [4.69, 9.17) is 9.47 Å². The van der Waals surface area contributed by atoms with Crippen LogP contribution in [0.2, 0.25) is 0 Å². The highest BCUT2D eigenvalue weighted by atomic mass is 16.5. The minimum absolute atomic E-state index is 0.0588. The van der Waals surface area contributed by atoms with Crippen molar-refractivity contribution >= 4 is 5.91 Å². The molecule has 0 aliphatic rings. The van der Waals surface area contributed by atoms with Crippen molar-refractivity contribution in [3.8, 4) is 5.75 Å². The second-order valence-corrected chi connectivity index (χ2v) is 6.54. The van der Waals surface area contributed by atoms with Gasteiger partial charge in [-0.05, 0) is 36.6 Å². The maximum absolute atomic E-state index is 12.6. The monoisotopic (exact) mass is 341 g/mol. The van der Waals surface area contributed by atoms with Crippen molar-refractivity contribution in [3.05, 3.63) is 65.2 Å². The molecule has 1 atom stereocenters. The quantitative estimate of drug-likeness (QED) is 0.776. The van der Waals surface area contributed by atoms with E-state index < -0.39 is 0 Å². The maximum atomic E-state index is 12.6. The zero-order chi connectivity index (χ0) is 18.2. The summed E-state index contributed by atoms with van der Waals surface area (Å²) < 4.78 is 11.1. The molecule has 2 aromatic carbocycles. The first-order valence-corrected chi connectivity index (χ1v) is 8.61. The van der Waals surface area contributed by atoms with Crippen LogP contribution in [0.4, 0.5) is 0 Å². The van der Waals surface area contributed by atoms with Gasteiger partial charge in [0.2, 0.25) is 0 Å². The molecule has 2 rings (SSSR count). The molecule has 0 aliphatic carbocycles. The molecule has 0 aromatic heterocycles. The highest BCUT2D eigenvalue weighted by molar-refractivity contribution is 5.94. The van der Waals surface area contributed by atoms with Gasteiger partial charge in [-0.1, -0.05) is 44.2 Å². The Bertz CT molecular complexity index is 683. The van der Waals surface area contributed by atoms with Gasteiger partial charge in [0.15, 0.2) is 0 Å². The Hall–Kier alpha value is -2.33. The average molecular weight is 341 g/mol. The van der Waals surface area contributed by atoms with Crippen LogP contribution in [0.3, 0.4) is 0 Å². The molecular formula is C21H27NO3. The summed E-state index contributed by atoms with van der Waals surface area (Å²) in [6, 6.07) is 15.3. The van der Waals surface area contributed by atoms with Gasteiger partial charge in [0.25, 0.3) is 5.91 Å². The zero-order valence-corrected chi connectivity index (χ0v) is 15.4. The molecule has 0 heterocycles. The van der Waals surface area contributed by atoms with E-state index in [1.54, 1.807) is 13.2 Å². The van der Waals surface area contributed by atoms with Crippen molar-refractivity contribution < 1.29 is 14.3 Å². The van der Waals surface area contributed by atoms with E-state index in [-0.39, 0.29) is 11.9 Å². The van der Waals surface area contributed by atoms with Gasteiger partial charge in [-0.2, -0.15) is 0 Å². The fourth-order valence-corrected chi connectivity index (χ4v) is 2.54. The topological polar surface area (TPSA) is 47.6 Å². The Balaban J connectivity index is 2.08. The number of hydrogen-bond donors (Lipinski definition) is 1. The molecule has 4 heteroatoms. The maximum Gasteiger partial charge on any atom is 0.251 e. The molecule has 0 saturated heterocycles. The summed E-state index contributed by atoms with van der Waals surface area (Å²) in [5.41, 5.74) is 2.56. The molecule has 0 spiro atoms. The first-order valence-electron chi connectivity index (χ1n) is 8.61. The fourth-order valence-electron chi connectivity index (χ4n) is 2.54. The Morgan fingerprint density at radius 3 is 2.44 bits per heavy atom. The molecule has 0 radical (unpaired) electrons. The molecule has 1 N–H and O–H groups in total. The third-order valence-electron chi connectivity index (χ3n) is 3.90. The van der Waals surface area contributed by atoms with Crippen molar-refractivity contribution in [1.82, 2.24) is 5.32 Å². The number of rotatable bonds is 8. The standard InChI is InChI=1S/C21H27NO3/c1-15(2)13-25-14-19-12-18(10-11-20(19)24-4)21(23)22-16(3)17-8-6-5-7-9-17/h5-12,15-16H,13-14H2,1-4H3,(H,22,23). The normalized spacial score (nSPS) is 12.0. The molecule has 0 fully saturated rings. The van der Waals surface area contributed by atoms with E-state index in [9.17, 15) is 4.79 Å². The molecule has 0 aliphatic heterocycles. The van der Waals surface area contributed by atoms with E-state index in [1.807, 2.05) is 49.4 Å². The number of benzene rings is 2. The van der Waals surface area contributed by atoms with Crippen molar-refractivity contribution in [2.24, 2.45) is 5.92 Å². The first kappa shape index (κ1) is 19.0.